The molecule has 2 fully saturated rings. The van der Waals surface area contributed by atoms with Crippen molar-refractivity contribution in [2.24, 2.45) is 11.8 Å². The minimum Gasteiger partial charge on any atom is -0.497 e. The molecule has 2 aliphatic heterocycles. The van der Waals surface area contributed by atoms with Gasteiger partial charge in [0.05, 0.1) is 14.2 Å². The molecule has 1 aromatic rings. The van der Waals surface area contributed by atoms with E-state index in [9.17, 15) is 0 Å². The first-order valence-electron chi connectivity index (χ1n) is 10.1. The SMILES string of the molecule is COC1=CC[C@H]2[C@H]3Cc4ccc(OC)c5c4[C@@]2(CCN3CC2CC2)C1O5. The van der Waals surface area contributed by atoms with Crippen molar-refractivity contribution in [1.82, 2.24) is 4.90 Å². The number of hydrogen-bond donors (Lipinski definition) is 0. The normalized spacial score (nSPS) is 36.8. The topological polar surface area (TPSA) is 30.9 Å². The number of benzene rings is 1. The van der Waals surface area contributed by atoms with Crippen molar-refractivity contribution in [3.8, 4) is 11.5 Å². The summed E-state index contributed by atoms with van der Waals surface area (Å²) >= 11 is 0. The maximum atomic E-state index is 6.60. The summed E-state index contributed by atoms with van der Waals surface area (Å²) in [6, 6.07) is 5.02. The van der Waals surface area contributed by atoms with Gasteiger partial charge >= 0.3 is 0 Å². The van der Waals surface area contributed by atoms with Gasteiger partial charge in [-0.1, -0.05) is 6.07 Å². The minimum absolute atomic E-state index is 0.0159. The number of methoxy groups -OCH3 is 2. The predicted octanol–water partition coefficient (Wildman–Crippen LogP) is 3.28. The van der Waals surface area contributed by atoms with Gasteiger partial charge in [-0.05, 0) is 68.2 Å². The van der Waals surface area contributed by atoms with Gasteiger partial charge in [-0.3, -0.25) is 4.90 Å². The van der Waals surface area contributed by atoms with Crippen LogP contribution in [0.4, 0.5) is 0 Å². The van der Waals surface area contributed by atoms with Gasteiger partial charge in [0.15, 0.2) is 17.6 Å². The second-order valence-electron chi connectivity index (χ2n) is 8.78. The summed E-state index contributed by atoms with van der Waals surface area (Å²) < 4.78 is 18.1. The second-order valence-corrected chi connectivity index (χ2v) is 8.78. The Kier molecular flexibility index (Phi) is 3.07. The third-order valence-electron chi connectivity index (χ3n) is 7.69. The van der Waals surface area contributed by atoms with E-state index in [-0.39, 0.29) is 11.5 Å². The Hall–Kier alpha value is -1.68. The lowest BCUT2D eigenvalue weighted by molar-refractivity contribution is -0.0376. The van der Waals surface area contributed by atoms with E-state index in [1.807, 2.05) is 0 Å². The van der Waals surface area contributed by atoms with Gasteiger partial charge in [-0.15, -0.1) is 0 Å². The zero-order chi connectivity index (χ0) is 17.5. The maximum Gasteiger partial charge on any atom is 0.166 e. The van der Waals surface area contributed by atoms with Crippen molar-refractivity contribution in [1.29, 1.82) is 0 Å². The first kappa shape index (κ1) is 15.4. The highest BCUT2D eigenvalue weighted by atomic mass is 16.6. The number of piperidine rings is 1. The molecule has 1 spiro atoms. The summed E-state index contributed by atoms with van der Waals surface area (Å²) in [5.41, 5.74) is 2.99. The molecule has 6 rings (SSSR count). The lowest BCUT2D eigenvalue weighted by Gasteiger charge is -2.57. The molecule has 2 heterocycles. The molecule has 0 amide bonds. The van der Waals surface area contributed by atoms with E-state index < -0.39 is 0 Å². The third kappa shape index (κ3) is 1.79. The van der Waals surface area contributed by atoms with Gasteiger partial charge < -0.3 is 14.2 Å². The first-order valence-corrected chi connectivity index (χ1v) is 10.1. The summed E-state index contributed by atoms with van der Waals surface area (Å²) in [5, 5.41) is 0. The molecule has 4 nitrogen and oxygen atoms in total. The predicted molar refractivity (Wildman–Crippen MR) is 98.7 cm³/mol. The van der Waals surface area contributed by atoms with Crippen LogP contribution in [0.15, 0.2) is 24.0 Å². The van der Waals surface area contributed by atoms with E-state index in [4.69, 9.17) is 14.2 Å². The summed E-state index contributed by atoms with van der Waals surface area (Å²) in [5.74, 6) is 4.45. The summed E-state index contributed by atoms with van der Waals surface area (Å²) in [6.07, 6.45) is 8.58. The van der Waals surface area contributed by atoms with Crippen LogP contribution in [-0.4, -0.2) is 44.4 Å². The molecule has 5 aliphatic rings. The quantitative estimate of drug-likeness (QED) is 0.831. The molecule has 3 aliphatic carbocycles. The fourth-order valence-corrected chi connectivity index (χ4v) is 6.41. The summed E-state index contributed by atoms with van der Waals surface area (Å²) in [4.78, 5) is 2.81. The van der Waals surface area contributed by atoms with Crippen LogP contribution in [0.25, 0.3) is 0 Å². The Labute approximate surface area is 155 Å². The average molecular weight is 353 g/mol. The highest BCUT2D eigenvalue weighted by Gasteiger charge is 2.65. The Balaban J connectivity index is 1.53. The van der Waals surface area contributed by atoms with Gasteiger partial charge in [0.2, 0.25) is 0 Å². The van der Waals surface area contributed by atoms with Crippen LogP contribution in [0.5, 0.6) is 11.5 Å². The summed E-state index contributed by atoms with van der Waals surface area (Å²) in [7, 11) is 3.53. The molecular weight excluding hydrogens is 326 g/mol. The molecule has 0 radical (unpaired) electrons. The zero-order valence-electron chi connectivity index (χ0n) is 15.7. The van der Waals surface area contributed by atoms with Crippen molar-refractivity contribution in [3.63, 3.8) is 0 Å². The molecule has 2 bridgehead atoms. The van der Waals surface area contributed by atoms with Crippen LogP contribution < -0.4 is 9.47 Å². The van der Waals surface area contributed by atoms with Gasteiger partial charge in [0.1, 0.15) is 5.76 Å². The van der Waals surface area contributed by atoms with Crippen molar-refractivity contribution in [2.45, 2.75) is 49.7 Å². The Morgan fingerprint density at radius 2 is 2.12 bits per heavy atom. The number of hydrogen-bond acceptors (Lipinski definition) is 4. The van der Waals surface area contributed by atoms with Crippen LogP contribution in [0.2, 0.25) is 0 Å². The smallest absolute Gasteiger partial charge is 0.166 e. The van der Waals surface area contributed by atoms with E-state index in [0.29, 0.717) is 12.0 Å². The van der Waals surface area contributed by atoms with Crippen LogP contribution in [0.1, 0.15) is 36.8 Å². The molecule has 138 valence electrons. The highest BCUT2D eigenvalue weighted by Crippen LogP contribution is 2.64. The number of allylic oxidation sites excluding steroid dienone is 1. The molecule has 0 aromatic heterocycles. The fraction of sp³-hybridized carbons (Fsp3) is 0.636. The van der Waals surface area contributed by atoms with E-state index in [1.165, 1.54) is 43.5 Å². The van der Waals surface area contributed by atoms with Crippen LogP contribution in [0, 0.1) is 11.8 Å². The molecule has 1 saturated carbocycles. The maximum absolute atomic E-state index is 6.60. The molecular formula is C22H27NO3. The van der Waals surface area contributed by atoms with Gasteiger partial charge in [-0.25, -0.2) is 0 Å². The molecule has 1 saturated heterocycles. The molecule has 0 N–H and O–H groups in total. The Morgan fingerprint density at radius 3 is 2.88 bits per heavy atom. The van der Waals surface area contributed by atoms with Gasteiger partial charge in [-0.2, -0.15) is 0 Å². The molecule has 1 unspecified atom stereocenters. The van der Waals surface area contributed by atoms with E-state index in [0.717, 1.165) is 36.0 Å². The van der Waals surface area contributed by atoms with Crippen molar-refractivity contribution in [2.75, 3.05) is 27.3 Å². The van der Waals surface area contributed by atoms with E-state index in [2.05, 4.69) is 23.1 Å². The average Bonchev–Trinajstić information content (AvgIpc) is 3.41. The van der Waals surface area contributed by atoms with Gasteiger partial charge in [0.25, 0.3) is 0 Å². The summed E-state index contributed by atoms with van der Waals surface area (Å²) in [6.45, 7) is 2.48. The number of likely N-dealkylation sites (tertiary alicyclic amines) is 1. The zero-order valence-corrected chi connectivity index (χ0v) is 15.7. The number of nitrogens with zero attached hydrogens (tertiary/aromatic N) is 1. The highest BCUT2D eigenvalue weighted by molar-refractivity contribution is 5.62. The molecule has 26 heavy (non-hydrogen) atoms. The van der Waals surface area contributed by atoms with Crippen LogP contribution >= 0.6 is 0 Å². The van der Waals surface area contributed by atoms with Crippen molar-refractivity contribution in [3.05, 3.63) is 35.1 Å². The minimum atomic E-state index is 0.0159. The molecule has 1 aromatic carbocycles. The number of ether oxygens (including phenoxy) is 3. The largest absolute Gasteiger partial charge is 0.497 e. The fourth-order valence-electron chi connectivity index (χ4n) is 6.41. The lowest BCUT2D eigenvalue weighted by atomic mass is 9.53. The van der Waals surface area contributed by atoms with Crippen molar-refractivity contribution < 1.29 is 14.2 Å². The monoisotopic (exact) mass is 353 g/mol. The standard InChI is InChI=1S/C22H27NO3/c1-24-17-7-5-14-11-16-15-6-8-18(25-2)21-22(15,19(14)20(17)26-21)9-10-23(16)12-13-3-4-13/h5,7-8,13,15-16,21H,3-4,6,9-12H2,1-2H3/t15-,16+,21?,22-/m0/s1. The van der Waals surface area contributed by atoms with Crippen LogP contribution in [0.3, 0.4) is 0 Å². The lowest BCUT2D eigenvalue weighted by Crippen LogP contribution is -2.64. The van der Waals surface area contributed by atoms with Crippen LogP contribution in [-0.2, 0) is 16.6 Å². The molecule has 4 heteroatoms. The van der Waals surface area contributed by atoms with E-state index in [1.54, 1.807) is 14.2 Å². The third-order valence-corrected chi connectivity index (χ3v) is 7.69. The molecule has 4 atom stereocenters. The Morgan fingerprint density at radius 1 is 1.23 bits per heavy atom. The van der Waals surface area contributed by atoms with Crippen molar-refractivity contribution >= 4 is 0 Å². The Bertz CT molecular complexity index is 799. The van der Waals surface area contributed by atoms with E-state index >= 15 is 0 Å². The van der Waals surface area contributed by atoms with Gasteiger partial charge in [0, 0.05) is 23.6 Å². The second kappa shape index (κ2) is 5.19. The first-order chi connectivity index (χ1) is 12.8. The number of rotatable bonds is 4.